The number of hydrogen-bond donors (Lipinski definition) is 0. The lowest BCUT2D eigenvalue weighted by molar-refractivity contribution is 0.578. The molecule has 0 N–H and O–H groups in total. The minimum absolute atomic E-state index is 0.127. The molecule has 2 rings (SSSR count). The van der Waals surface area contributed by atoms with Crippen molar-refractivity contribution in [1.29, 1.82) is 0 Å². The zero-order chi connectivity index (χ0) is 12.6. The standard InChI is InChI=1S/C12H13F2N3/c1-7(2)12-15-8(3)16-17(12)11-5-9(13)4-10(14)6-11/h4-7H,1-3H3. The van der Waals surface area contributed by atoms with E-state index in [0.29, 0.717) is 17.3 Å². The molecule has 1 heterocycles. The average molecular weight is 237 g/mol. The van der Waals surface area contributed by atoms with Crippen molar-refractivity contribution in [2.24, 2.45) is 0 Å². The lowest BCUT2D eigenvalue weighted by Crippen LogP contribution is -2.05. The lowest BCUT2D eigenvalue weighted by Gasteiger charge is -2.08. The van der Waals surface area contributed by atoms with Gasteiger partial charge in [0.2, 0.25) is 0 Å². The highest BCUT2D eigenvalue weighted by atomic mass is 19.1. The summed E-state index contributed by atoms with van der Waals surface area (Å²) in [6.07, 6.45) is 0. The monoisotopic (exact) mass is 237 g/mol. The second-order valence-corrected chi connectivity index (χ2v) is 4.21. The molecule has 0 atom stereocenters. The number of halogens is 2. The van der Waals surface area contributed by atoms with E-state index in [9.17, 15) is 8.78 Å². The molecule has 0 aliphatic heterocycles. The van der Waals surface area contributed by atoms with Crippen LogP contribution >= 0.6 is 0 Å². The van der Waals surface area contributed by atoms with Crippen LogP contribution in [0.1, 0.15) is 31.4 Å². The highest BCUT2D eigenvalue weighted by Crippen LogP contribution is 2.18. The third-order valence-electron chi connectivity index (χ3n) is 2.35. The zero-order valence-corrected chi connectivity index (χ0v) is 9.91. The Morgan fingerprint density at radius 2 is 1.71 bits per heavy atom. The van der Waals surface area contributed by atoms with Crippen LogP contribution in [0, 0.1) is 18.6 Å². The van der Waals surface area contributed by atoms with Crippen LogP contribution in [-0.4, -0.2) is 14.8 Å². The maximum atomic E-state index is 13.2. The van der Waals surface area contributed by atoms with Gasteiger partial charge in [-0.25, -0.2) is 18.4 Å². The van der Waals surface area contributed by atoms with Crippen LogP contribution in [0.4, 0.5) is 8.78 Å². The van der Waals surface area contributed by atoms with Crippen LogP contribution < -0.4 is 0 Å². The van der Waals surface area contributed by atoms with Gasteiger partial charge in [0.05, 0.1) is 5.69 Å². The number of rotatable bonds is 2. The van der Waals surface area contributed by atoms with Crippen molar-refractivity contribution in [3.63, 3.8) is 0 Å². The molecule has 90 valence electrons. The quantitative estimate of drug-likeness (QED) is 0.803. The molecule has 0 saturated heterocycles. The molecule has 5 heteroatoms. The fourth-order valence-electron chi connectivity index (χ4n) is 1.66. The van der Waals surface area contributed by atoms with Crippen LogP contribution in [0.15, 0.2) is 18.2 Å². The Labute approximate surface area is 98.1 Å². The van der Waals surface area contributed by atoms with E-state index >= 15 is 0 Å². The van der Waals surface area contributed by atoms with E-state index in [2.05, 4.69) is 10.1 Å². The van der Waals surface area contributed by atoms with Gasteiger partial charge in [0.1, 0.15) is 23.3 Å². The number of hydrogen-bond acceptors (Lipinski definition) is 2. The molecule has 2 aromatic rings. The van der Waals surface area contributed by atoms with E-state index in [0.717, 1.165) is 6.07 Å². The first kappa shape index (κ1) is 11.7. The minimum Gasteiger partial charge on any atom is -0.217 e. The summed E-state index contributed by atoms with van der Waals surface area (Å²) in [5.41, 5.74) is 0.354. The Hall–Kier alpha value is -1.78. The predicted molar refractivity (Wildman–Crippen MR) is 60.1 cm³/mol. The fraction of sp³-hybridized carbons (Fsp3) is 0.333. The van der Waals surface area contributed by atoms with Crippen molar-refractivity contribution in [2.75, 3.05) is 0 Å². The van der Waals surface area contributed by atoms with Gasteiger partial charge in [0, 0.05) is 12.0 Å². The SMILES string of the molecule is Cc1nc(C(C)C)n(-c2cc(F)cc(F)c2)n1. The minimum atomic E-state index is -0.622. The topological polar surface area (TPSA) is 30.7 Å². The van der Waals surface area contributed by atoms with Crippen LogP contribution in [0.3, 0.4) is 0 Å². The predicted octanol–water partition coefficient (Wildman–Crippen LogP) is 2.98. The summed E-state index contributed by atoms with van der Waals surface area (Å²) in [7, 11) is 0. The van der Waals surface area contributed by atoms with Crippen molar-refractivity contribution in [2.45, 2.75) is 26.7 Å². The van der Waals surface area contributed by atoms with Crippen LogP contribution in [-0.2, 0) is 0 Å². The second-order valence-electron chi connectivity index (χ2n) is 4.21. The Bertz CT molecular complexity index is 526. The summed E-state index contributed by atoms with van der Waals surface area (Å²) in [6, 6.07) is 3.31. The van der Waals surface area contributed by atoms with Crippen molar-refractivity contribution < 1.29 is 8.78 Å². The van der Waals surface area contributed by atoms with E-state index < -0.39 is 11.6 Å². The van der Waals surface area contributed by atoms with Crippen LogP contribution in [0.25, 0.3) is 5.69 Å². The van der Waals surface area contributed by atoms with Crippen LogP contribution in [0.2, 0.25) is 0 Å². The van der Waals surface area contributed by atoms with Crippen molar-refractivity contribution >= 4 is 0 Å². The zero-order valence-electron chi connectivity index (χ0n) is 9.91. The summed E-state index contributed by atoms with van der Waals surface area (Å²) in [6.45, 7) is 5.66. The summed E-state index contributed by atoms with van der Waals surface area (Å²) in [4.78, 5) is 4.25. The Morgan fingerprint density at radius 1 is 1.12 bits per heavy atom. The molecule has 3 nitrogen and oxygen atoms in total. The second kappa shape index (κ2) is 4.24. The summed E-state index contributed by atoms with van der Waals surface area (Å²) in [5.74, 6) is 0.152. The highest BCUT2D eigenvalue weighted by molar-refractivity contribution is 5.33. The van der Waals surface area contributed by atoms with Gasteiger partial charge in [-0.3, -0.25) is 0 Å². The summed E-state index contributed by atoms with van der Waals surface area (Å²) >= 11 is 0. The number of benzene rings is 1. The van der Waals surface area contributed by atoms with Gasteiger partial charge >= 0.3 is 0 Å². The molecule has 1 aromatic carbocycles. The molecule has 1 aromatic heterocycles. The summed E-state index contributed by atoms with van der Waals surface area (Å²) < 4.78 is 27.8. The molecule has 0 bridgehead atoms. The Kier molecular flexibility index (Phi) is 2.92. The first-order chi connectivity index (χ1) is 7.97. The smallest absolute Gasteiger partial charge is 0.148 e. The van der Waals surface area contributed by atoms with Gasteiger partial charge in [0.25, 0.3) is 0 Å². The molecule has 0 fully saturated rings. The van der Waals surface area contributed by atoms with Crippen molar-refractivity contribution in [3.05, 3.63) is 41.5 Å². The first-order valence-electron chi connectivity index (χ1n) is 5.37. The van der Waals surface area contributed by atoms with E-state index in [1.54, 1.807) is 6.92 Å². The fourth-order valence-corrected chi connectivity index (χ4v) is 1.66. The van der Waals surface area contributed by atoms with E-state index in [4.69, 9.17) is 0 Å². The van der Waals surface area contributed by atoms with Gasteiger partial charge in [-0.1, -0.05) is 13.8 Å². The Balaban J connectivity index is 2.59. The molecule has 0 amide bonds. The third-order valence-corrected chi connectivity index (χ3v) is 2.35. The molecule has 0 radical (unpaired) electrons. The van der Waals surface area contributed by atoms with E-state index in [1.165, 1.54) is 16.8 Å². The molecule has 0 aliphatic rings. The van der Waals surface area contributed by atoms with E-state index in [1.807, 2.05) is 13.8 Å². The average Bonchev–Trinajstić information content (AvgIpc) is 2.59. The van der Waals surface area contributed by atoms with Crippen molar-refractivity contribution in [3.8, 4) is 5.69 Å². The maximum absolute atomic E-state index is 13.2. The molecular weight excluding hydrogens is 224 g/mol. The Morgan fingerprint density at radius 3 is 2.24 bits per heavy atom. The maximum Gasteiger partial charge on any atom is 0.148 e. The van der Waals surface area contributed by atoms with E-state index in [-0.39, 0.29) is 5.92 Å². The van der Waals surface area contributed by atoms with Gasteiger partial charge in [-0.2, -0.15) is 5.10 Å². The molecular formula is C12H13F2N3. The van der Waals surface area contributed by atoms with Gasteiger partial charge in [-0.05, 0) is 19.1 Å². The van der Waals surface area contributed by atoms with Crippen molar-refractivity contribution in [1.82, 2.24) is 14.8 Å². The number of aryl methyl sites for hydroxylation is 1. The third kappa shape index (κ3) is 2.33. The molecule has 0 saturated carbocycles. The lowest BCUT2D eigenvalue weighted by atomic mass is 10.2. The normalized spacial score (nSPS) is 11.2. The van der Waals surface area contributed by atoms with Gasteiger partial charge in [-0.15, -0.1) is 0 Å². The highest BCUT2D eigenvalue weighted by Gasteiger charge is 2.13. The molecule has 0 spiro atoms. The molecule has 0 unspecified atom stereocenters. The number of nitrogens with zero attached hydrogens (tertiary/aromatic N) is 3. The first-order valence-corrected chi connectivity index (χ1v) is 5.37. The molecule has 0 aliphatic carbocycles. The summed E-state index contributed by atoms with van der Waals surface area (Å²) in [5, 5.41) is 4.16. The van der Waals surface area contributed by atoms with Crippen LogP contribution in [0.5, 0.6) is 0 Å². The number of aromatic nitrogens is 3. The largest absolute Gasteiger partial charge is 0.217 e. The van der Waals surface area contributed by atoms with Gasteiger partial charge < -0.3 is 0 Å². The van der Waals surface area contributed by atoms with Gasteiger partial charge in [0.15, 0.2) is 0 Å². The molecule has 17 heavy (non-hydrogen) atoms.